The predicted octanol–water partition coefficient (Wildman–Crippen LogP) is 4.15. The lowest BCUT2D eigenvalue weighted by atomic mass is 10.0. The second-order valence-corrected chi connectivity index (χ2v) is 7.39. The number of hydrogen-bond donors (Lipinski definition) is 0. The predicted molar refractivity (Wildman–Crippen MR) is 92.1 cm³/mol. The number of hydrogen-bond acceptors (Lipinski definition) is 3. The van der Waals surface area contributed by atoms with Crippen molar-refractivity contribution in [3.8, 4) is 0 Å². The molecule has 1 amide bonds. The Kier molecular flexibility index (Phi) is 4.50. The minimum absolute atomic E-state index is 0.121. The van der Waals surface area contributed by atoms with Crippen LogP contribution in [0.25, 0.3) is 6.08 Å². The van der Waals surface area contributed by atoms with Crippen LogP contribution in [0.1, 0.15) is 25.3 Å². The van der Waals surface area contributed by atoms with E-state index < -0.39 is 0 Å². The zero-order valence-corrected chi connectivity index (χ0v) is 14.3. The molecule has 110 valence electrons. The molecule has 3 rings (SSSR count). The topological polar surface area (TPSA) is 32.7 Å². The van der Waals surface area contributed by atoms with Crippen molar-refractivity contribution in [1.82, 2.24) is 4.90 Å². The summed E-state index contributed by atoms with van der Waals surface area (Å²) in [4.78, 5) is 19.3. The quantitative estimate of drug-likeness (QED) is 0.701. The first-order valence-corrected chi connectivity index (χ1v) is 8.76. The van der Waals surface area contributed by atoms with Crippen molar-refractivity contribution in [3.05, 3.63) is 39.2 Å². The van der Waals surface area contributed by atoms with Gasteiger partial charge >= 0.3 is 0 Å². The number of likely N-dealkylation sites (tertiary alicyclic amines) is 1. The molecule has 1 atom stereocenters. The Morgan fingerprint density at radius 1 is 1.43 bits per heavy atom. The molecule has 0 spiro atoms. The van der Waals surface area contributed by atoms with E-state index in [0.717, 1.165) is 28.3 Å². The maximum atomic E-state index is 12.1. The molecule has 0 aliphatic carbocycles. The van der Waals surface area contributed by atoms with E-state index in [0.29, 0.717) is 10.8 Å². The van der Waals surface area contributed by atoms with Crippen molar-refractivity contribution in [2.45, 2.75) is 19.8 Å². The van der Waals surface area contributed by atoms with Gasteiger partial charge in [0.05, 0.1) is 4.91 Å². The van der Waals surface area contributed by atoms with E-state index in [1.165, 1.54) is 24.6 Å². The molecule has 0 aromatic heterocycles. The second kappa shape index (κ2) is 6.36. The highest BCUT2D eigenvalue weighted by Crippen LogP contribution is 2.33. The first-order chi connectivity index (χ1) is 10.1. The lowest BCUT2D eigenvalue weighted by molar-refractivity contribution is -0.113. The molecule has 1 aromatic carbocycles. The molecule has 3 nitrogen and oxygen atoms in total. The van der Waals surface area contributed by atoms with Gasteiger partial charge in [0.25, 0.3) is 5.91 Å². The van der Waals surface area contributed by atoms with Crippen LogP contribution in [0.15, 0.2) is 38.6 Å². The van der Waals surface area contributed by atoms with Crippen LogP contribution in [0.2, 0.25) is 0 Å². The van der Waals surface area contributed by atoms with Crippen LogP contribution in [-0.2, 0) is 4.79 Å². The van der Waals surface area contributed by atoms with E-state index in [1.807, 2.05) is 30.3 Å². The van der Waals surface area contributed by atoms with E-state index in [-0.39, 0.29) is 5.91 Å². The van der Waals surface area contributed by atoms with E-state index >= 15 is 0 Å². The van der Waals surface area contributed by atoms with Crippen LogP contribution in [0.5, 0.6) is 0 Å². The molecule has 0 radical (unpaired) electrons. The lowest BCUT2D eigenvalue weighted by Gasteiger charge is -2.31. The maximum absolute atomic E-state index is 12.1. The molecule has 0 bridgehead atoms. The van der Waals surface area contributed by atoms with Crippen LogP contribution in [0.4, 0.5) is 0 Å². The first kappa shape index (κ1) is 14.9. The van der Waals surface area contributed by atoms with Crippen molar-refractivity contribution in [2.24, 2.45) is 10.9 Å². The van der Waals surface area contributed by atoms with E-state index in [1.54, 1.807) is 0 Å². The number of aliphatic imine (C=N–C) groups is 1. The number of piperidine rings is 1. The van der Waals surface area contributed by atoms with Crippen molar-refractivity contribution in [2.75, 3.05) is 13.1 Å². The third-order valence-corrected chi connectivity index (χ3v) is 5.50. The van der Waals surface area contributed by atoms with Gasteiger partial charge in [-0.3, -0.25) is 4.79 Å². The molecule has 2 aliphatic heterocycles. The molecular formula is C16H17BrN2OS. The van der Waals surface area contributed by atoms with Crippen molar-refractivity contribution in [1.29, 1.82) is 0 Å². The molecule has 2 aliphatic rings. The molecule has 1 aromatic rings. The lowest BCUT2D eigenvalue weighted by Crippen LogP contribution is -2.37. The highest BCUT2D eigenvalue weighted by atomic mass is 79.9. The van der Waals surface area contributed by atoms with Crippen molar-refractivity contribution >= 4 is 44.8 Å². The van der Waals surface area contributed by atoms with Crippen LogP contribution < -0.4 is 0 Å². The number of amides is 1. The summed E-state index contributed by atoms with van der Waals surface area (Å²) in [7, 11) is 0. The number of amidine groups is 1. The standard InChI is InChI=1S/C16H17BrN2OS/c1-11-5-4-8-19(10-11)16-18-15(20)14(21-16)9-12-6-2-3-7-13(12)17/h2-3,6-7,9,11H,4-5,8,10H2,1H3/b14-9-. The summed E-state index contributed by atoms with van der Waals surface area (Å²) in [6.45, 7) is 4.26. The molecule has 0 saturated carbocycles. The summed E-state index contributed by atoms with van der Waals surface area (Å²) in [6.07, 6.45) is 4.36. The smallest absolute Gasteiger partial charge is 0.286 e. The van der Waals surface area contributed by atoms with Gasteiger partial charge in [0, 0.05) is 17.6 Å². The normalized spacial score (nSPS) is 24.6. The summed E-state index contributed by atoms with van der Waals surface area (Å²) in [6, 6.07) is 7.90. The second-order valence-electron chi connectivity index (χ2n) is 5.53. The molecule has 0 N–H and O–H groups in total. The summed E-state index contributed by atoms with van der Waals surface area (Å²) >= 11 is 5.01. The van der Waals surface area contributed by atoms with E-state index in [4.69, 9.17) is 0 Å². The summed E-state index contributed by atoms with van der Waals surface area (Å²) in [5.41, 5.74) is 1.01. The van der Waals surface area contributed by atoms with E-state index in [2.05, 4.69) is 32.7 Å². The van der Waals surface area contributed by atoms with Crippen LogP contribution in [0.3, 0.4) is 0 Å². The van der Waals surface area contributed by atoms with Crippen molar-refractivity contribution < 1.29 is 4.79 Å². The zero-order valence-electron chi connectivity index (χ0n) is 11.9. The highest BCUT2D eigenvalue weighted by molar-refractivity contribution is 9.10. The highest BCUT2D eigenvalue weighted by Gasteiger charge is 2.28. The van der Waals surface area contributed by atoms with Crippen molar-refractivity contribution in [3.63, 3.8) is 0 Å². The summed E-state index contributed by atoms with van der Waals surface area (Å²) in [5.74, 6) is 0.553. The zero-order chi connectivity index (χ0) is 14.8. The Morgan fingerprint density at radius 3 is 3.00 bits per heavy atom. The molecule has 1 unspecified atom stereocenters. The third kappa shape index (κ3) is 3.40. The number of nitrogens with zero attached hydrogens (tertiary/aromatic N) is 2. The van der Waals surface area contributed by atoms with Crippen LogP contribution in [0, 0.1) is 5.92 Å². The first-order valence-electron chi connectivity index (χ1n) is 7.15. The number of thioether (sulfide) groups is 1. The van der Waals surface area contributed by atoms with Gasteiger partial charge in [0.2, 0.25) is 0 Å². The minimum atomic E-state index is -0.121. The molecule has 21 heavy (non-hydrogen) atoms. The summed E-state index contributed by atoms with van der Waals surface area (Å²) < 4.78 is 0.992. The van der Waals surface area contributed by atoms with E-state index in [9.17, 15) is 4.79 Å². The Balaban J connectivity index is 1.77. The van der Waals surface area contributed by atoms with Crippen LogP contribution >= 0.6 is 27.7 Å². The molecular weight excluding hydrogens is 348 g/mol. The average molecular weight is 365 g/mol. The van der Waals surface area contributed by atoms with Gasteiger partial charge in [-0.15, -0.1) is 0 Å². The van der Waals surface area contributed by atoms with Gasteiger partial charge in [-0.25, -0.2) is 0 Å². The SMILES string of the molecule is CC1CCCN(C2=NC(=O)/C(=C/c3ccccc3Br)S2)C1. The molecule has 2 heterocycles. The van der Waals surface area contributed by atoms with Crippen LogP contribution in [-0.4, -0.2) is 29.1 Å². The molecule has 1 fully saturated rings. The molecule has 5 heteroatoms. The van der Waals surface area contributed by atoms with Gasteiger partial charge < -0.3 is 4.90 Å². The van der Waals surface area contributed by atoms with Gasteiger partial charge in [0.1, 0.15) is 0 Å². The Morgan fingerprint density at radius 2 is 2.24 bits per heavy atom. The minimum Gasteiger partial charge on any atom is -0.351 e. The third-order valence-electron chi connectivity index (χ3n) is 3.73. The number of halogens is 1. The van der Waals surface area contributed by atoms with Gasteiger partial charge in [-0.2, -0.15) is 4.99 Å². The largest absolute Gasteiger partial charge is 0.351 e. The number of benzene rings is 1. The number of carbonyl (C=O) groups is 1. The van der Waals surface area contributed by atoms with Gasteiger partial charge in [0.15, 0.2) is 5.17 Å². The van der Waals surface area contributed by atoms with Gasteiger partial charge in [-0.1, -0.05) is 41.1 Å². The molecule has 1 saturated heterocycles. The summed E-state index contributed by atoms with van der Waals surface area (Å²) in [5, 5.41) is 0.866. The van der Waals surface area contributed by atoms with Gasteiger partial charge in [-0.05, 0) is 48.2 Å². The monoisotopic (exact) mass is 364 g/mol. The Bertz CT molecular complexity index is 626. The fourth-order valence-corrected chi connectivity index (χ4v) is 3.97. The number of rotatable bonds is 1. The Labute approximate surface area is 137 Å². The average Bonchev–Trinajstić information content (AvgIpc) is 2.83. The number of carbonyl (C=O) groups excluding carboxylic acids is 1. The fourth-order valence-electron chi connectivity index (χ4n) is 2.63. The Hall–Kier alpha value is -1.07. The maximum Gasteiger partial charge on any atom is 0.286 e. The fraction of sp³-hybridized carbons (Fsp3) is 0.375.